The van der Waals surface area contributed by atoms with Crippen molar-refractivity contribution in [1.29, 1.82) is 0 Å². The van der Waals surface area contributed by atoms with Gasteiger partial charge in [0, 0.05) is 11.4 Å². The number of nitrogen functional groups attached to an aromatic ring is 1. The van der Waals surface area contributed by atoms with Gasteiger partial charge in [-0.3, -0.25) is 4.72 Å². The Morgan fingerprint density at radius 1 is 1.05 bits per heavy atom. The van der Waals surface area contributed by atoms with Gasteiger partial charge in [0.2, 0.25) is 0 Å². The third-order valence-electron chi connectivity index (χ3n) is 2.59. The van der Waals surface area contributed by atoms with Crippen LogP contribution in [0, 0.1) is 18.6 Å². The van der Waals surface area contributed by atoms with Crippen molar-refractivity contribution in [2.45, 2.75) is 11.8 Å². The Morgan fingerprint density at radius 3 is 2.05 bits per heavy atom. The lowest BCUT2D eigenvalue weighted by Crippen LogP contribution is -2.16. The highest BCUT2D eigenvalue weighted by atomic mass is 32.2. The number of aryl methyl sites for hydroxylation is 1. The van der Waals surface area contributed by atoms with Crippen molar-refractivity contribution in [2.24, 2.45) is 0 Å². The normalized spacial score (nSPS) is 11.3. The minimum atomic E-state index is -4.36. The Labute approximate surface area is 115 Å². The number of rotatable bonds is 3. The van der Waals surface area contributed by atoms with Crippen LogP contribution in [-0.4, -0.2) is 8.42 Å². The zero-order valence-electron chi connectivity index (χ0n) is 10.5. The largest absolute Gasteiger partial charge is 0.399 e. The van der Waals surface area contributed by atoms with E-state index >= 15 is 0 Å². The molecule has 7 heteroatoms. The van der Waals surface area contributed by atoms with E-state index in [0.717, 1.165) is 17.7 Å². The number of anilines is 2. The molecule has 0 aliphatic rings. The average molecular weight is 298 g/mol. The molecular weight excluding hydrogens is 286 g/mol. The molecule has 0 radical (unpaired) electrons. The molecule has 0 amide bonds. The molecule has 2 aromatic rings. The van der Waals surface area contributed by atoms with Crippen LogP contribution in [0.4, 0.5) is 20.2 Å². The third-order valence-corrected chi connectivity index (χ3v) is 4.03. The summed E-state index contributed by atoms with van der Waals surface area (Å²) in [6.07, 6.45) is 0. The molecule has 3 N–H and O–H groups in total. The first-order chi connectivity index (χ1) is 9.29. The molecule has 106 valence electrons. The van der Waals surface area contributed by atoms with E-state index in [1.807, 2.05) is 6.92 Å². The Bertz CT molecular complexity index is 720. The van der Waals surface area contributed by atoms with E-state index in [2.05, 4.69) is 4.72 Å². The second-order valence-electron chi connectivity index (χ2n) is 4.29. The van der Waals surface area contributed by atoms with Gasteiger partial charge in [-0.05, 0) is 31.2 Å². The molecule has 0 bridgehead atoms. The molecule has 2 aromatic carbocycles. The summed E-state index contributed by atoms with van der Waals surface area (Å²) < 4.78 is 53.4. The molecule has 0 heterocycles. The zero-order valence-corrected chi connectivity index (χ0v) is 11.3. The molecule has 0 saturated heterocycles. The number of hydrogen-bond donors (Lipinski definition) is 2. The van der Waals surface area contributed by atoms with Gasteiger partial charge in [0.1, 0.15) is 11.6 Å². The molecule has 4 nitrogen and oxygen atoms in total. The molecule has 0 atom stereocenters. The van der Waals surface area contributed by atoms with Crippen molar-refractivity contribution in [3.8, 4) is 0 Å². The van der Waals surface area contributed by atoms with Crippen molar-refractivity contribution in [3.63, 3.8) is 0 Å². The minimum Gasteiger partial charge on any atom is -0.399 e. The summed E-state index contributed by atoms with van der Waals surface area (Å²) in [6, 6.07) is 7.86. The first-order valence-corrected chi connectivity index (χ1v) is 7.12. The lowest BCUT2D eigenvalue weighted by atomic mass is 10.2. The quantitative estimate of drug-likeness (QED) is 0.856. The van der Waals surface area contributed by atoms with Crippen LogP contribution in [0.5, 0.6) is 0 Å². The van der Waals surface area contributed by atoms with Crippen LogP contribution in [0.15, 0.2) is 41.3 Å². The van der Waals surface area contributed by atoms with E-state index in [0.29, 0.717) is 0 Å². The minimum absolute atomic E-state index is 0.186. The first kappa shape index (κ1) is 14.3. The molecule has 0 aliphatic carbocycles. The number of nitrogens with two attached hydrogens (primary N) is 1. The number of nitrogens with one attached hydrogen (secondary N) is 1. The van der Waals surface area contributed by atoms with Gasteiger partial charge >= 0.3 is 0 Å². The molecule has 0 spiro atoms. The maximum absolute atomic E-state index is 13.6. The van der Waals surface area contributed by atoms with E-state index in [1.54, 1.807) is 12.1 Å². The number of benzene rings is 2. The van der Waals surface area contributed by atoms with Crippen molar-refractivity contribution < 1.29 is 17.2 Å². The van der Waals surface area contributed by atoms with Crippen LogP contribution >= 0.6 is 0 Å². The van der Waals surface area contributed by atoms with Crippen LogP contribution in [-0.2, 0) is 10.0 Å². The lowest BCUT2D eigenvalue weighted by molar-refractivity contribution is 0.522. The summed E-state index contributed by atoms with van der Waals surface area (Å²) in [4.78, 5) is -1.05. The second kappa shape index (κ2) is 5.09. The summed E-state index contributed by atoms with van der Waals surface area (Å²) in [5.74, 6) is -2.47. The highest BCUT2D eigenvalue weighted by Gasteiger charge is 2.24. The number of halogens is 2. The fraction of sp³-hybridized carbons (Fsp3) is 0.0769. The molecule has 20 heavy (non-hydrogen) atoms. The molecular formula is C13H12F2N2O2S. The predicted molar refractivity (Wildman–Crippen MR) is 72.8 cm³/mol. The Morgan fingerprint density at radius 2 is 1.55 bits per heavy atom. The highest BCUT2D eigenvalue weighted by molar-refractivity contribution is 7.92. The van der Waals surface area contributed by atoms with Gasteiger partial charge in [-0.15, -0.1) is 0 Å². The molecule has 0 unspecified atom stereocenters. The van der Waals surface area contributed by atoms with Crippen LogP contribution in [0.1, 0.15) is 5.56 Å². The smallest absolute Gasteiger partial charge is 0.267 e. The Hall–Kier alpha value is -2.15. The monoisotopic (exact) mass is 298 g/mol. The molecule has 0 aromatic heterocycles. The first-order valence-electron chi connectivity index (χ1n) is 5.63. The van der Waals surface area contributed by atoms with Crippen molar-refractivity contribution in [2.75, 3.05) is 10.5 Å². The Kier molecular flexibility index (Phi) is 3.63. The Balaban J connectivity index is 2.43. The molecule has 0 fully saturated rings. The zero-order chi connectivity index (χ0) is 14.9. The predicted octanol–water partition coefficient (Wildman–Crippen LogP) is 2.66. The third kappa shape index (κ3) is 2.88. The van der Waals surface area contributed by atoms with Crippen LogP contribution in [0.2, 0.25) is 0 Å². The maximum atomic E-state index is 13.6. The topological polar surface area (TPSA) is 72.2 Å². The maximum Gasteiger partial charge on any atom is 0.267 e. The highest BCUT2D eigenvalue weighted by Crippen LogP contribution is 2.24. The van der Waals surface area contributed by atoms with Crippen molar-refractivity contribution >= 4 is 21.4 Å². The van der Waals surface area contributed by atoms with Gasteiger partial charge in [0.25, 0.3) is 10.0 Å². The van der Waals surface area contributed by atoms with Gasteiger partial charge in [-0.1, -0.05) is 17.7 Å². The summed E-state index contributed by atoms with van der Waals surface area (Å²) in [6.45, 7) is 1.83. The number of sulfonamides is 1. The van der Waals surface area contributed by atoms with Gasteiger partial charge in [-0.2, -0.15) is 0 Å². The van der Waals surface area contributed by atoms with Crippen LogP contribution in [0.25, 0.3) is 0 Å². The van der Waals surface area contributed by atoms with Gasteiger partial charge in [-0.25, -0.2) is 17.2 Å². The summed E-state index contributed by atoms with van der Waals surface area (Å²) in [7, 11) is -4.36. The molecule has 0 aliphatic heterocycles. The van der Waals surface area contributed by atoms with Crippen LogP contribution < -0.4 is 10.5 Å². The van der Waals surface area contributed by atoms with E-state index in [-0.39, 0.29) is 11.4 Å². The van der Waals surface area contributed by atoms with Gasteiger partial charge in [0.05, 0.1) is 0 Å². The lowest BCUT2D eigenvalue weighted by Gasteiger charge is -2.10. The van der Waals surface area contributed by atoms with E-state index in [9.17, 15) is 17.2 Å². The fourth-order valence-electron chi connectivity index (χ4n) is 1.66. The number of hydrogen-bond acceptors (Lipinski definition) is 3. The summed E-state index contributed by atoms with van der Waals surface area (Å²) in [5.41, 5.74) is 6.20. The van der Waals surface area contributed by atoms with Gasteiger partial charge in [0.15, 0.2) is 4.90 Å². The van der Waals surface area contributed by atoms with E-state index in [1.165, 1.54) is 12.1 Å². The van der Waals surface area contributed by atoms with E-state index < -0.39 is 26.6 Å². The van der Waals surface area contributed by atoms with Gasteiger partial charge < -0.3 is 5.73 Å². The van der Waals surface area contributed by atoms with E-state index in [4.69, 9.17) is 5.73 Å². The molecule has 2 rings (SSSR count). The average Bonchev–Trinajstić information content (AvgIpc) is 2.30. The SMILES string of the molecule is Cc1ccc(NS(=O)(=O)c2c(F)cc(N)cc2F)cc1. The van der Waals surface area contributed by atoms with Crippen LogP contribution in [0.3, 0.4) is 0 Å². The van der Waals surface area contributed by atoms with Crippen molar-refractivity contribution in [1.82, 2.24) is 0 Å². The van der Waals surface area contributed by atoms with Crippen molar-refractivity contribution in [3.05, 3.63) is 53.6 Å². The summed E-state index contributed by atoms with van der Waals surface area (Å²) >= 11 is 0. The molecule has 0 saturated carbocycles. The summed E-state index contributed by atoms with van der Waals surface area (Å²) in [5, 5.41) is 0. The fourth-order valence-corrected chi connectivity index (χ4v) is 2.84. The standard InChI is InChI=1S/C13H12F2N2O2S/c1-8-2-4-10(5-3-8)17-20(18,19)13-11(14)6-9(16)7-12(13)15/h2-7,17H,16H2,1H3. The second-order valence-corrected chi connectivity index (χ2v) is 5.90.